The Hall–Kier alpha value is -3.72. The number of fused-ring (bicyclic) bond motifs is 2. The molecule has 2 aliphatic heterocycles. The molecule has 4 amide bonds. The molecule has 8 heteroatoms. The summed E-state index contributed by atoms with van der Waals surface area (Å²) in [7, 11) is -1.44. The van der Waals surface area contributed by atoms with Crippen LogP contribution in [0.1, 0.15) is 41.5 Å². The molecule has 4 aromatic rings. The Morgan fingerprint density at radius 2 is 0.909 bits per heavy atom. The van der Waals surface area contributed by atoms with E-state index in [0.29, 0.717) is 12.6 Å². The van der Waals surface area contributed by atoms with Gasteiger partial charge in [-0.3, -0.25) is 9.80 Å². The fourth-order valence-electron chi connectivity index (χ4n) is 5.94. The zero-order chi connectivity index (χ0) is 31.2. The predicted octanol–water partition coefficient (Wildman–Crippen LogP) is 9.18. The SMILES string of the molecule is CC(C)(C)P1CN(C(=O)Nc2ccccc2)c2cccc(-c3cccc4c3P(C(C)(C)C)CN4C(=O)Nc3ccccc3)c21. The van der Waals surface area contributed by atoms with Crippen molar-refractivity contribution >= 4 is 61.3 Å². The molecule has 44 heavy (non-hydrogen) atoms. The van der Waals surface area contributed by atoms with Crippen LogP contribution in [0, 0.1) is 0 Å². The van der Waals surface area contributed by atoms with Gasteiger partial charge in [0.05, 0.1) is 23.9 Å². The largest absolute Gasteiger partial charge is 0.326 e. The molecule has 2 heterocycles. The summed E-state index contributed by atoms with van der Waals surface area (Å²) in [6.45, 7) is 13.7. The average Bonchev–Trinajstić information content (AvgIpc) is 3.58. The number of urea groups is 2. The van der Waals surface area contributed by atoms with Crippen molar-refractivity contribution in [3.8, 4) is 11.1 Å². The normalized spacial score (nSPS) is 17.7. The van der Waals surface area contributed by atoms with Crippen LogP contribution in [0.2, 0.25) is 0 Å². The first kappa shape index (κ1) is 30.3. The standard InChI is InChI=1S/C36H40N4O2P2/c1-35(2,3)43-23-39(33(41)37-25-15-9-7-10-16-25)29-21-13-19-27(31(29)43)28-20-14-22-30-32(28)44(36(4,5)6)24-40(30)34(42)38-26-17-11-8-12-18-26/h7-22H,23-24H2,1-6H3,(H,37,41)(H,38,42). The van der Waals surface area contributed by atoms with Crippen molar-refractivity contribution < 1.29 is 9.59 Å². The molecule has 0 radical (unpaired) electrons. The summed E-state index contributed by atoms with van der Waals surface area (Å²) < 4.78 is 0. The van der Waals surface area contributed by atoms with Gasteiger partial charge in [-0.1, -0.05) is 102 Å². The number of benzene rings is 4. The van der Waals surface area contributed by atoms with Crippen LogP contribution in [0.4, 0.5) is 32.3 Å². The molecule has 0 bridgehead atoms. The van der Waals surface area contributed by atoms with E-state index >= 15 is 0 Å². The summed E-state index contributed by atoms with van der Waals surface area (Å²) in [5.41, 5.74) is 5.88. The quantitative estimate of drug-likeness (QED) is 0.224. The van der Waals surface area contributed by atoms with Crippen LogP contribution in [-0.2, 0) is 0 Å². The molecule has 0 aliphatic carbocycles. The van der Waals surface area contributed by atoms with Crippen LogP contribution in [0.3, 0.4) is 0 Å². The molecular weight excluding hydrogens is 582 g/mol. The second-order valence-corrected chi connectivity index (χ2v) is 19.1. The van der Waals surface area contributed by atoms with Crippen LogP contribution in [0.5, 0.6) is 0 Å². The smallest absolute Gasteiger partial charge is 0.308 e. The number of carbonyl (C=O) groups is 2. The Morgan fingerprint density at radius 3 is 1.25 bits per heavy atom. The van der Waals surface area contributed by atoms with Crippen LogP contribution >= 0.6 is 15.8 Å². The lowest BCUT2D eigenvalue weighted by Gasteiger charge is -2.31. The third kappa shape index (κ3) is 5.74. The van der Waals surface area contributed by atoms with E-state index in [1.165, 1.54) is 21.7 Å². The Morgan fingerprint density at radius 1 is 0.545 bits per heavy atom. The molecule has 0 saturated carbocycles. The highest BCUT2D eigenvalue weighted by Crippen LogP contribution is 2.60. The van der Waals surface area contributed by atoms with Gasteiger partial charge in [-0.25, -0.2) is 9.59 Å². The van der Waals surface area contributed by atoms with Crippen LogP contribution in [0.15, 0.2) is 97.1 Å². The van der Waals surface area contributed by atoms with Gasteiger partial charge in [-0.15, -0.1) is 0 Å². The number of hydrogen-bond acceptors (Lipinski definition) is 2. The third-order valence-corrected chi connectivity index (χ3v) is 14.6. The Bertz CT molecular complexity index is 1570. The van der Waals surface area contributed by atoms with E-state index in [9.17, 15) is 9.59 Å². The van der Waals surface area contributed by atoms with Crippen molar-refractivity contribution in [1.82, 2.24) is 0 Å². The number of nitrogens with zero attached hydrogens (tertiary/aromatic N) is 2. The number of para-hydroxylation sites is 2. The monoisotopic (exact) mass is 622 g/mol. The fraction of sp³-hybridized carbons (Fsp3) is 0.278. The summed E-state index contributed by atoms with van der Waals surface area (Å²) in [6.07, 6.45) is 1.33. The zero-order valence-corrected chi connectivity index (χ0v) is 28.0. The van der Waals surface area contributed by atoms with Crippen LogP contribution < -0.4 is 31.0 Å². The molecule has 2 aliphatic rings. The minimum absolute atomic E-state index is 0.0176. The molecule has 4 aromatic carbocycles. The number of carbonyl (C=O) groups excluding carboxylic acids is 2. The maximum atomic E-state index is 13.7. The highest BCUT2D eigenvalue weighted by atomic mass is 31.1. The van der Waals surface area contributed by atoms with Crippen LogP contribution in [0.25, 0.3) is 11.1 Å². The van der Waals surface area contributed by atoms with Gasteiger partial charge in [0.1, 0.15) is 0 Å². The minimum Gasteiger partial charge on any atom is -0.308 e. The van der Waals surface area contributed by atoms with Crippen molar-refractivity contribution in [2.24, 2.45) is 0 Å². The van der Waals surface area contributed by atoms with Gasteiger partial charge in [-0.2, -0.15) is 0 Å². The highest BCUT2D eigenvalue weighted by molar-refractivity contribution is 7.69. The number of rotatable bonds is 3. The summed E-state index contributed by atoms with van der Waals surface area (Å²) >= 11 is 0. The second kappa shape index (κ2) is 11.7. The van der Waals surface area contributed by atoms with Gasteiger partial charge in [0.2, 0.25) is 0 Å². The van der Waals surface area contributed by atoms with Gasteiger partial charge < -0.3 is 10.6 Å². The number of amides is 4. The van der Waals surface area contributed by atoms with E-state index in [0.717, 1.165) is 22.7 Å². The second-order valence-electron chi connectivity index (χ2n) is 13.3. The predicted molar refractivity (Wildman–Crippen MR) is 190 cm³/mol. The first-order valence-electron chi connectivity index (χ1n) is 15.0. The van der Waals surface area contributed by atoms with Gasteiger partial charge in [0.15, 0.2) is 0 Å². The van der Waals surface area contributed by atoms with Crippen molar-refractivity contribution in [3.63, 3.8) is 0 Å². The minimum atomic E-state index is -0.719. The average molecular weight is 623 g/mol. The maximum absolute atomic E-state index is 13.7. The molecule has 2 N–H and O–H groups in total. The molecule has 0 aromatic heterocycles. The molecule has 6 rings (SSSR count). The number of nitrogens with one attached hydrogen (secondary N) is 2. The topological polar surface area (TPSA) is 64.7 Å². The van der Waals surface area contributed by atoms with Gasteiger partial charge in [0, 0.05) is 22.0 Å². The maximum Gasteiger partial charge on any atom is 0.326 e. The van der Waals surface area contributed by atoms with Crippen molar-refractivity contribution in [2.75, 3.05) is 33.0 Å². The molecular formula is C36H40N4O2P2. The molecule has 0 fully saturated rings. The van der Waals surface area contributed by atoms with E-state index in [1.807, 2.05) is 70.5 Å². The van der Waals surface area contributed by atoms with Crippen molar-refractivity contribution in [3.05, 3.63) is 97.1 Å². The van der Waals surface area contributed by atoms with E-state index in [1.54, 1.807) is 0 Å². The molecule has 2 atom stereocenters. The van der Waals surface area contributed by atoms with Gasteiger partial charge >= 0.3 is 12.1 Å². The highest BCUT2D eigenvalue weighted by Gasteiger charge is 2.44. The summed E-state index contributed by atoms with van der Waals surface area (Å²) in [6, 6.07) is 31.8. The van der Waals surface area contributed by atoms with Crippen molar-refractivity contribution in [2.45, 2.75) is 51.9 Å². The van der Waals surface area contributed by atoms with E-state index < -0.39 is 15.8 Å². The van der Waals surface area contributed by atoms with Gasteiger partial charge in [-0.05, 0) is 73.7 Å². The summed E-state index contributed by atoms with van der Waals surface area (Å²) in [5, 5.41) is 8.72. The van der Waals surface area contributed by atoms with Crippen LogP contribution in [-0.4, -0.2) is 34.9 Å². The lowest BCUT2D eigenvalue weighted by Crippen LogP contribution is -2.33. The zero-order valence-electron chi connectivity index (χ0n) is 26.3. The first-order valence-corrected chi connectivity index (χ1v) is 18.1. The lowest BCUT2D eigenvalue weighted by atomic mass is 10.0. The Labute approximate surface area is 263 Å². The summed E-state index contributed by atoms with van der Waals surface area (Å²) in [4.78, 5) is 31.3. The fourth-order valence-corrected chi connectivity index (χ4v) is 11.5. The van der Waals surface area contributed by atoms with Gasteiger partial charge in [0.25, 0.3) is 0 Å². The van der Waals surface area contributed by atoms with Crippen molar-refractivity contribution in [1.29, 1.82) is 0 Å². The number of hydrogen-bond donors (Lipinski definition) is 2. The molecule has 226 valence electrons. The Kier molecular flexibility index (Phi) is 8.03. The van der Waals surface area contributed by atoms with E-state index in [2.05, 4.69) is 88.6 Å². The molecule has 6 nitrogen and oxygen atoms in total. The number of anilines is 4. The molecule has 2 unspecified atom stereocenters. The molecule has 0 spiro atoms. The molecule has 0 saturated heterocycles. The Balaban J connectivity index is 1.46. The summed E-state index contributed by atoms with van der Waals surface area (Å²) in [5.74, 6) is 0. The lowest BCUT2D eigenvalue weighted by molar-refractivity contribution is 0.257. The van der Waals surface area contributed by atoms with E-state index in [-0.39, 0.29) is 22.4 Å². The third-order valence-electron chi connectivity index (χ3n) is 8.17. The first-order chi connectivity index (χ1) is 20.9. The van der Waals surface area contributed by atoms with E-state index in [4.69, 9.17) is 0 Å².